The molecule has 0 bridgehead atoms. The van der Waals surface area contributed by atoms with E-state index in [0.29, 0.717) is 12.8 Å². The summed E-state index contributed by atoms with van der Waals surface area (Å²) in [5.41, 5.74) is 0. The molecule has 0 aromatic rings. The van der Waals surface area contributed by atoms with Crippen LogP contribution in [0, 0.1) is 0 Å². The van der Waals surface area contributed by atoms with Crippen LogP contribution in [0.5, 0.6) is 0 Å². The molecule has 0 saturated heterocycles. The van der Waals surface area contributed by atoms with E-state index >= 15 is 0 Å². The Morgan fingerprint density at radius 3 is 0.800 bits per heavy atom. The van der Waals surface area contributed by atoms with Crippen molar-refractivity contribution in [3.8, 4) is 0 Å². The maximum absolute atomic E-state index is 13.0. The summed E-state index contributed by atoms with van der Waals surface area (Å²) >= 11 is -3.79. The summed E-state index contributed by atoms with van der Waals surface area (Å²) in [7, 11) is 0. The van der Waals surface area contributed by atoms with Gasteiger partial charge >= 0.3 is 224 Å². The monoisotopic (exact) mass is 745 g/mol. The van der Waals surface area contributed by atoms with Gasteiger partial charge in [-0.3, -0.25) is 0 Å². The van der Waals surface area contributed by atoms with E-state index in [1.54, 1.807) is 0 Å². The normalized spacial score (nSPS) is 11.6. The molecule has 0 aromatic carbocycles. The van der Waals surface area contributed by atoms with E-state index in [-0.39, 0.29) is 11.9 Å². The first kappa shape index (κ1) is 44.7. The number of carbonyl (C=O) groups excluding carboxylic acids is 2. The fourth-order valence-corrected chi connectivity index (χ4v) is 16.4. The van der Waals surface area contributed by atoms with Crippen molar-refractivity contribution in [2.24, 2.45) is 0 Å². The SMILES string of the molecule is CCCCCCCCCCCCCCCC(=O)[O][Sn]([CH2]CCC)([CH2]CCC)[O]C(=O)CCCCCCCCCCCCCCC. The fraction of sp³-hybridized carbons (Fsp3) is 0.950. The van der Waals surface area contributed by atoms with Gasteiger partial charge in [0.2, 0.25) is 0 Å². The smallest absolute Gasteiger partial charge is 0.0654 e. The van der Waals surface area contributed by atoms with Gasteiger partial charge in [0, 0.05) is 0 Å². The number of hydrogen-bond acceptors (Lipinski definition) is 4. The predicted octanol–water partition coefficient (Wildman–Crippen LogP) is 14.1. The minimum Gasteiger partial charge on any atom is -0.0654 e. The van der Waals surface area contributed by atoms with Gasteiger partial charge in [0.15, 0.2) is 0 Å². The quantitative estimate of drug-likeness (QED) is 0.0474. The molecule has 0 unspecified atom stereocenters. The Labute approximate surface area is 287 Å². The number of carbonyl (C=O) groups is 2. The molecule has 0 N–H and O–H groups in total. The Bertz CT molecular complexity index is 584. The summed E-state index contributed by atoms with van der Waals surface area (Å²) in [5, 5.41) is 0. The van der Waals surface area contributed by atoms with Crippen LogP contribution in [0.15, 0.2) is 0 Å². The second-order valence-corrected chi connectivity index (χ2v) is 23.3. The third kappa shape index (κ3) is 30.8. The third-order valence-electron chi connectivity index (χ3n) is 9.39. The standard InChI is InChI=1S/2C16H32O2.2C4H9.Sn/c2*1-2-3-4-5-6-7-8-9-10-11-12-13-14-15-16(17)18;2*1-3-4-2;/h2*2-15H2,1H3,(H,17,18);2*1,3-4H2,2H3;/q;;;;+2/p-2. The van der Waals surface area contributed by atoms with Gasteiger partial charge in [-0.05, 0) is 0 Å². The van der Waals surface area contributed by atoms with Gasteiger partial charge in [0.25, 0.3) is 0 Å². The van der Waals surface area contributed by atoms with Gasteiger partial charge in [0.1, 0.15) is 0 Å². The second-order valence-electron chi connectivity index (χ2n) is 14.1. The first-order valence-corrected chi connectivity index (χ1v) is 26.8. The van der Waals surface area contributed by atoms with Crippen LogP contribution >= 0.6 is 0 Å². The van der Waals surface area contributed by atoms with E-state index in [0.717, 1.165) is 60.2 Å². The molecule has 0 heterocycles. The zero-order chi connectivity index (χ0) is 33.1. The molecule has 4 nitrogen and oxygen atoms in total. The fourth-order valence-electron chi connectivity index (χ4n) is 6.33. The Hall–Kier alpha value is -0.261. The molecule has 0 saturated carbocycles. The number of rotatable bonds is 36. The van der Waals surface area contributed by atoms with Crippen molar-refractivity contribution in [3.63, 3.8) is 0 Å². The molecule has 0 radical (unpaired) electrons. The minimum absolute atomic E-state index is 0.102. The van der Waals surface area contributed by atoms with Crippen molar-refractivity contribution in [2.75, 3.05) is 0 Å². The van der Waals surface area contributed by atoms with E-state index < -0.39 is 19.2 Å². The van der Waals surface area contributed by atoms with E-state index in [1.165, 1.54) is 141 Å². The van der Waals surface area contributed by atoms with Crippen molar-refractivity contribution >= 4 is 31.1 Å². The first-order chi connectivity index (χ1) is 22.0. The van der Waals surface area contributed by atoms with Crippen LogP contribution in [0.3, 0.4) is 0 Å². The zero-order valence-electron chi connectivity index (χ0n) is 31.2. The predicted molar refractivity (Wildman–Crippen MR) is 198 cm³/mol. The number of unbranched alkanes of at least 4 members (excludes halogenated alkanes) is 26. The van der Waals surface area contributed by atoms with Crippen molar-refractivity contribution < 1.29 is 15.7 Å². The van der Waals surface area contributed by atoms with Gasteiger partial charge in [-0.2, -0.15) is 0 Å². The van der Waals surface area contributed by atoms with E-state index in [1.807, 2.05) is 0 Å². The summed E-state index contributed by atoms with van der Waals surface area (Å²) < 4.78 is 14.2. The Kier molecular flexibility index (Phi) is 34.9. The molecule has 0 spiro atoms. The van der Waals surface area contributed by atoms with Gasteiger partial charge in [-0.1, -0.05) is 65.2 Å². The molecule has 268 valence electrons. The maximum atomic E-state index is 13.0. The van der Waals surface area contributed by atoms with Crippen molar-refractivity contribution in [3.05, 3.63) is 0 Å². The summed E-state index contributed by atoms with van der Waals surface area (Å²) in [6, 6.07) is 0. The van der Waals surface area contributed by atoms with Crippen molar-refractivity contribution in [2.45, 2.75) is 242 Å². The van der Waals surface area contributed by atoms with Gasteiger partial charge in [-0.15, -0.1) is 0 Å². The molecule has 0 amide bonds. The summed E-state index contributed by atoms with van der Waals surface area (Å²) in [6.45, 7) is 8.89. The van der Waals surface area contributed by atoms with Crippen LogP contribution in [0.1, 0.15) is 233 Å². The van der Waals surface area contributed by atoms with E-state index in [4.69, 9.17) is 6.15 Å². The van der Waals surface area contributed by atoms with Crippen LogP contribution in [-0.4, -0.2) is 31.1 Å². The molecule has 0 atom stereocenters. The molecule has 0 aliphatic rings. The molecular weight excluding hydrogens is 663 g/mol. The molecule has 0 rings (SSSR count). The molecule has 0 aliphatic heterocycles. The average Bonchev–Trinajstić information content (AvgIpc) is 3.03. The Balaban J connectivity index is 4.26. The zero-order valence-corrected chi connectivity index (χ0v) is 34.0. The molecular formula is C40H80O4Sn. The molecule has 0 aliphatic carbocycles. The minimum atomic E-state index is -3.79. The van der Waals surface area contributed by atoms with E-state index in [2.05, 4.69) is 27.7 Å². The van der Waals surface area contributed by atoms with E-state index in [9.17, 15) is 9.59 Å². The third-order valence-corrected chi connectivity index (χ3v) is 19.2. The average molecular weight is 744 g/mol. The Morgan fingerprint density at radius 1 is 0.333 bits per heavy atom. The van der Waals surface area contributed by atoms with Crippen molar-refractivity contribution in [1.82, 2.24) is 0 Å². The van der Waals surface area contributed by atoms with Crippen molar-refractivity contribution in [1.29, 1.82) is 0 Å². The van der Waals surface area contributed by atoms with Crippen LogP contribution in [0.4, 0.5) is 0 Å². The van der Waals surface area contributed by atoms with Crippen LogP contribution in [-0.2, 0) is 15.7 Å². The molecule has 5 heteroatoms. The summed E-state index contributed by atoms with van der Waals surface area (Å²) in [4.78, 5) is 26.0. The number of hydrogen-bond donors (Lipinski definition) is 0. The molecule has 45 heavy (non-hydrogen) atoms. The van der Waals surface area contributed by atoms with Crippen LogP contribution in [0.25, 0.3) is 0 Å². The summed E-state index contributed by atoms with van der Waals surface area (Å²) in [6.07, 6.45) is 38.7. The molecule has 0 fully saturated rings. The Morgan fingerprint density at radius 2 is 0.556 bits per heavy atom. The first-order valence-electron chi connectivity index (χ1n) is 20.5. The van der Waals surface area contributed by atoms with Gasteiger partial charge in [0.05, 0.1) is 0 Å². The van der Waals surface area contributed by atoms with Crippen LogP contribution < -0.4 is 0 Å². The van der Waals surface area contributed by atoms with Gasteiger partial charge < -0.3 is 0 Å². The summed E-state index contributed by atoms with van der Waals surface area (Å²) in [5.74, 6) is -0.204. The van der Waals surface area contributed by atoms with Crippen LogP contribution in [0.2, 0.25) is 8.87 Å². The second kappa shape index (κ2) is 35.1. The molecule has 0 aromatic heterocycles. The van der Waals surface area contributed by atoms with Gasteiger partial charge in [-0.25, -0.2) is 0 Å². The topological polar surface area (TPSA) is 52.6 Å².